The maximum Gasteiger partial charge on any atom is 0.255 e. The van der Waals surface area contributed by atoms with Crippen LogP contribution in [0.1, 0.15) is 36.0 Å². The molecule has 1 amide bonds. The second-order valence-corrected chi connectivity index (χ2v) is 8.33. The van der Waals surface area contributed by atoms with E-state index in [2.05, 4.69) is 16.0 Å². The highest BCUT2D eigenvalue weighted by atomic mass is 32.2. The van der Waals surface area contributed by atoms with E-state index in [1.807, 2.05) is 12.1 Å². The molecule has 0 heterocycles. The lowest BCUT2D eigenvalue weighted by atomic mass is 10.2. The number of hydrogen-bond acceptors (Lipinski definition) is 4. The lowest BCUT2D eigenvalue weighted by Gasteiger charge is -2.13. The van der Waals surface area contributed by atoms with E-state index >= 15 is 0 Å². The van der Waals surface area contributed by atoms with E-state index < -0.39 is 15.9 Å². The zero-order valence-corrected chi connectivity index (χ0v) is 16.2. The number of rotatable bonds is 7. The molecule has 2 aromatic rings. The van der Waals surface area contributed by atoms with Crippen LogP contribution in [0.15, 0.2) is 53.4 Å². The summed E-state index contributed by atoms with van der Waals surface area (Å²) in [5, 5.41) is 2.76. The molecule has 1 aliphatic rings. The number of sulfonamides is 1. The molecular formula is C21H22N2O4S. The molecule has 2 N–H and O–H groups in total. The van der Waals surface area contributed by atoms with E-state index in [0.29, 0.717) is 5.69 Å². The summed E-state index contributed by atoms with van der Waals surface area (Å²) >= 11 is 0. The second-order valence-electron chi connectivity index (χ2n) is 6.56. The van der Waals surface area contributed by atoms with Gasteiger partial charge in [-0.2, -0.15) is 4.72 Å². The molecule has 0 aliphatic heterocycles. The highest BCUT2D eigenvalue weighted by Gasteiger charge is 2.17. The molecular weight excluding hydrogens is 376 g/mol. The average Bonchev–Trinajstić information content (AvgIpc) is 3.21. The summed E-state index contributed by atoms with van der Waals surface area (Å²) in [6.07, 6.45) is 9.91. The number of ether oxygens (including phenoxy) is 1. The topological polar surface area (TPSA) is 84.5 Å². The van der Waals surface area contributed by atoms with Gasteiger partial charge in [-0.05, 0) is 68.1 Å². The van der Waals surface area contributed by atoms with Crippen LogP contribution in [0.5, 0.6) is 5.75 Å². The lowest BCUT2D eigenvalue weighted by Crippen LogP contribution is -2.24. The minimum atomic E-state index is -3.76. The SMILES string of the molecule is C#CCNS(=O)(=O)c1cccc(C(=O)Nc2ccc(OC3CCCC3)cc2)c1. The van der Waals surface area contributed by atoms with Crippen LogP contribution >= 0.6 is 0 Å². The first-order valence-electron chi connectivity index (χ1n) is 9.09. The van der Waals surface area contributed by atoms with Crippen LogP contribution < -0.4 is 14.8 Å². The standard InChI is InChI=1S/C21H22N2O4S/c1-2-14-22-28(25,26)20-9-5-6-16(15-20)21(24)23-17-10-12-19(13-11-17)27-18-7-3-4-8-18/h1,5-6,9-13,15,18,22H,3-4,7-8,14H2,(H,23,24). The van der Waals surface area contributed by atoms with Gasteiger partial charge < -0.3 is 10.1 Å². The largest absolute Gasteiger partial charge is 0.490 e. The van der Waals surface area contributed by atoms with Crippen molar-refractivity contribution in [1.82, 2.24) is 4.72 Å². The Kier molecular flexibility index (Phi) is 6.34. The van der Waals surface area contributed by atoms with Crippen LogP contribution in [0, 0.1) is 12.3 Å². The number of carbonyl (C=O) groups is 1. The monoisotopic (exact) mass is 398 g/mol. The minimum Gasteiger partial charge on any atom is -0.490 e. The molecule has 0 atom stereocenters. The third-order valence-electron chi connectivity index (χ3n) is 4.49. The number of carbonyl (C=O) groups excluding carboxylic acids is 1. The number of benzene rings is 2. The molecule has 7 heteroatoms. The van der Waals surface area contributed by atoms with Crippen LogP contribution in [0.2, 0.25) is 0 Å². The first kappa shape index (κ1) is 19.9. The van der Waals surface area contributed by atoms with Gasteiger partial charge in [-0.25, -0.2) is 8.42 Å². The Bertz CT molecular complexity index is 972. The molecule has 3 rings (SSSR count). The van der Waals surface area contributed by atoms with E-state index in [9.17, 15) is 13.2 Å². The van der Waals surface area contributed by atoms with Crippen molar-refractivity contribution in [1.29, 1.82) is 0 Å². The Morgan fingerprint density at radius 2 is 1.86 bits per heavy atom. The predicted molar refractivity (Wildman–Crippen MR) is 108 cm³/mol. The normalized spacial score (nSPS) is 14.4. The fourth-order valence-electron chi connectivity index (χ4n) is 3.04. The molecule has 1 fully saturated rings. The smallest absolute Gasteiger partial charge is 0.255 e. The Labute approximate surface area is 165 Å². The highest BCUT2D eigenvalue weighted by Crippen LogP contribution is 2.25. The maximum absolute atomic E-state index is 12.5. The predicted octanol–water partition coefficient (Wildman–Crippen LogP) is 3.17. The lowest BCUT2D eigenvalue weighted by molar-refractivity contribution is 0.102. The van der Waals surface area contributed by atoms with Crippen molar-refractivity contribution in [3.05, 3.63) is 54.1 Å². The van der Waals surface area contributed by atoms with Gasteiger partial charge in [0.2, 0.25) is 10.0 Å². The fraction of sp³-hybridized carbons (Fsp3) is 0.286. The van der Waals surface area contributed by atoms with Gasteiger partial charge in [0.1, 0.15) is 5.75 Å². The average molecular weight is 398 g/mol. The molecule has 0 unspecified atom stereocenters. The zero-order chi connectivity index (χ0) is 20.0. The number of terminal acetylenes is 1. The molecule has 0 saturated heterocycles. The Morgan fingerprint density at radius 1 is 1.14 bits per heavy atom. The molecule has 1 saturated carbocycles. The summed E-state index contributed by atoms with van der Waals surface area (Å²) in [5.74, 6) is 2.58. The summed E-state index contributed by atoms with van der Waals surface area (Å²) in [6.45, 7) is -0.117. The van der Waals surface area contributed by atoms with Gasteiger partial charge in [0.25, 0.3) is 5.91 Å². The molecule has 2 aromatic carbocycles. The summed E-state index contributed by atoms with van der Waals surface area (Å²) in [5.41, 5.74) is 0.831. The van der Waals surface area contributed by atoms with Gasteiger partial charge in [0, 0.05) is 11.3 Å². The number of nitrogens with one attached hydrogen (secondary N) is 2. The second kappa shape index (κ2) is 8.91. The van der Waals surface area contributed by atoms with Gasteiger partial charge in [-0.1, -0.05) is 12.0 Å². The summed E-state index contributed by atoms with van der Waals surface area (Å²) in [6, 6.07) is 12.9. The molecule has 0 radical (unpaired) electrons. The number of hydrogen-bond donors (Lipinski definition) is 2. The van der Waals surface area contributed by atoms with E-state index in [-0.39, 0.29) is 23.1 Å². The first-order valence-corrected chi connectivity index (χ1v) is 10.6. The highest BCUT2D eigenvalue weighted by molar-refractivity contribution is 7.89. The van der Waals surface area contributed by atoms with Crippen LogP contribution in [0.3, 0.4) is 0 Å². The Morgan fingerprint density at radius 3 is 2.54 bits per heavy atom. The molecule has 6 nitrogen and oxygen atoms in total. The van der Waals surface area contributed by atoms with Crippen molar-refractivity contribution in [2.45, 2.75) is 36.7 Å². The van der Waals surface area contributed by atoms with Gasteiger partial charge in [-0.15, -0.1) is 6.42 Å². The summed E-state index contributed by atoms with van der Waals surface area (Å²) < 4.78 is 32.5. The summed E-state index contributed by atoms with van der Waals surface area (Å²) in [7, 11) is -3.76. The van der Waals surface area contributed by atoms with Crippen molar-refractivity contribution in [3.8, 4) is 18.1 Å². The van der Waals surface area contributed by atoms with Gasteiger partial charge >= 0.3 is 0 Å². The van der Waals surface area contributed by atoms with Gasteiger partial charge in [0.05, 0.1) is 17.5 Å². The van der Waals surface area contributed by atoms with Crippen molar-refractivity contribution >= 4 is 21.6 Å². The minimum absolute atomic E-state index is 0.0179. The van der Waals surface area contributed by atoms with Crippen LogP contribution in [-0.2, 0) is 10.0 Å². The van der Waals surface area contributed by atoms with E-state index in [1.165, 1.54) is 31.0 Å². The number of amides is 1. The van der Waals surface area contributed by atoms with Gasteiger partial charge in [0.15, 0.2) is 0 Å². The van der Waals surface area contributed by atoms with E-state index in [0.717, 1.165) is 18.6 Å². The zero-order valence-electron chi connectivity index (χ0n) is 15.4. The van der Waals surface area contributed by atoms with Crippen LogP contribution in [-0.4, -0.2) is 27.0 Å². The van der Waals surface area contributed by atoms with Crippen LogP contribution in [0.25, 0.3) is 0 Å². The van der Waals surface area contributed by atoms with Crippen molar-refractivity contribution in [2.75, 3.05) is 11.9 Å². The van der Waals surface area contributed by atoms with E-state index in [1.54, 1.807) is 18.2 Å². The van der Waals surface area contributed by atoms with Crippen molar-refractivity contribution in [3.63, 3.8) is 0 Å². The molecule has 146 valence electrons. The van der Waals surface area contributed by atoms with E-state index in [4.69, 9.17) is 11.2 Å². The van der Waals surface area contributed by atoms with Crippen LogP contribution in [0.4, 0.5) is 5.69 Å². The molecule has 0 spiro atoms. The Hall–Kier alpha value is -2.82. The Balaban J connectivity index is 1.66. The molecule has 1 aliphatic carbocycles. The quantitative estimate of drug-likeness (QED) is 0.702. The molecule has 28 heavy (non-hydrogen) atoms. The third kappa shape index (κ3) is 5.12. The first-order chi connectivity index (χ1) is 13.5. The molecule has 0 bridgehead atoms. The van der Waals surface area contributed by atoms with Crippen molar-refractivity contribution < 1.29 is 17.9 Å². The maximum atomic E-state index is 12.5. The van der Waals surface area contributed by atoms with Crippen molar-refractivity contribution in [2.24, 2.45) is 0 Å². The number of anilines is 1. The molecule has 0 aromatic heterocycles. The summed E-state index contributed by atoms with van der Waals surface area (Å²) in [4.78, 5) is 12.5. The fourth-order valence-corrected chi connectivity index (χ4v) is 4.02. The third-order valence-corrected chi connectivity index (χ3v) is 5.89. The van der Waals surface area contributed by atoms with Gasteiger partial charge in [-0.3, -0.25) is 4.79 Å².